The Bertz CT molecular complexity index is 1320. The summed E-state index contributed by atoms with van der Waals surface area (Å²) in [5.74, 6) is 0.473. The lowest BCUT2D eigenvalue weighted by Crippen LogP contribution is -2.32. The van der Waals surface area contributed by atoms with Crippen LogP contribution in [0.3, 0.4) is 0 Å². The first-order valence-corrected chi connectivity index (χ1v) is 10.6. The van der Waals surface area contributed by atoms with Crippen LogP contribution in [0.25, 0.3) is 16.7 Å². The molecule has 0 radical (unpaired) electrons. The molecule has 164 valence electrons. The summed E-state index contributed by atoms with van der Waals surface area (Å²) >= 11 is 0. The molecule has 2 heterocycles. The van der Waals surface area contributed by atoms with Crippen LogP contribution in [0.4, 0.5) is 0 Å². The van der Waals surface area contributed by atoms with Crippen LogP contribution in [-0.4, -0.2) is 26.6 Å². The second-order valence-corrected chi connectivity index (χ2v) is 7.58. The number of nitrogens with zero attached hydrogens (tertiary/aromatic N) is 3. The van der Waals surface area contributed by atoms with E-state index in [1.165, 1.54) is 10.9 Å². The number of amides is 1. The van der Waals surface area contributed by atoms with Crippen LogP contribution in [0, 0.1) is 13.8 Å². The van der Waals surface area contributed by atoms with Crippen molar-refractivity contribution in [3.05, 3.63) is 88.1 Å². The molecule has 32 heavy (non-hydrogen) atoms. The second-order valence-electron chi connectivity index (χ2n) is 7.58. The van der Waals surface area contributed by atoms with Crippen molar-refractivity contribution in [2.75, 3.05) is 6.61 Å². The van der Waals surface area contributed by atoms with E-state index in [0.29, 0.717) is 24.2 Å². The monoisotopic (exact) mass is 430 g/mol. The molecule has 2 aromatic heterocycles. The number of para-hydroxylation sites is 2. The maximum Gasteiger partial charge on any atom is 0.263 e. The molecule has 7 nitrogen and oxygen atoms in total. The molecule has 4 rings (SSSR count). The van der Waals surface area contributed by atoms with Gasteiger partial charge in [0.2, 0.25) is 5.91 Å². The number of fused-ring (bicyclic) bond motifs is 1. The fourth-order valence-corrected chi connectivity index (χ4v) is 3.84. The first-order chi connectivity index (χ1) is 15.5. The number of ether oxygens (including phenoxy) is 1. The average molecular weight is 431 g/mol. The third-order valence-corrected chi connectivity index (χ3v) is 5.56. The van der Waals surface area contributed by atoms with Crippen LogP contribution in [0.1, 0.15) is 23.7 Å². The van der Waals surface area contributed by atoms with Crippen LogP contribution in [0.15, 0.2) is 65.7 Å². The van der Waals surface area contributed by atoms with Crippen LogP contribution in [0.5, 0.6) is 5.75 Å². The van der Waals surface area contributed by atoms with Crippen molar-refractivity contribution >= 4 is 16.9 Å². The van der Waals surface area contributed by atoms with E-state index in [9.17, 15) is 9.59 Å². The van der Waals surface area contributed by atoms with E-state index >= 15 is 0 Å². The number of nitrogens with one attached hydrogen (secondary N) is 1. The van der Waals surface area contributed by atoms with E-state index < -0.39 is 0 Å². The zero-order valence-electron chi connectivity index (χ0n) is 18.5. The van der Waals surface area contributed by atoms with Gasteiger partial charge in [-0.05, 0) is 44.5 Å². The van der Waals surface area contributed by atoms with Gasteiger partial charge in [0.25, 0.3) is 5.56 Å². The van der Waals surface area contributed by atoms with Crippen molar-refractivity contribution < 1.29 is 9.53 Å². The van der Waals surface area contributed by atoms with E-state index in [1.54, 1.807) is 0 Å². The molecule has 4 aromatic rings. The first kappa shape index (κ1) is 21.4. The lowest BCUT2D eigenvalue weighted by Gasteiger charge is -2.12. The van der Waals surface area contributed by atoms with Gasteiger partial charge in [0.05, 0.1) is 12.0 Å². The molecule has 2 aromatic carbocycles. The first-order valence-electron chi connectivity index (χ1n) is 10.6. The summed E-state index contributed by atoms with van der Waals surface area (Å²) in [5, 5.41) is 3.40. The normalized spacial score (nSPS) is 11.0. The molecule has 0 aliphatic rings. The van der Waals surface area contributed by atoms with Crippen LogP contribution < -0.4 is 15.6 Å². The highest BCUT2D eigenvalue weighted by atomic mass is 16.5. The number of carbonyl (C=O) groups excluding carboxylic acids is 1. The largest absolute Gasteiger partial charge is 0.494 e. The molecule has 0 spiro atoms. The van der Waals surface area contributed by atoms with E-state index in [4.69, 9.17) is 4.74 Å². The number of hydrogen-bond donors (Lipinski definition) is 1. The zero-order chi connectivity index (χ0) is 22.7. The van der Waals surface area contributed by atoms with Crippen molar-refractivity contribution in [3.63, 3.8) is 0 Å². The Morgan fingerprint density at radius 3 is 2.53 bits per heavy atom. The standard InChI is InChI=1S/C25H26N4O3/c1-4-32-21-13-9-8-10-19(21)14-26-22(30)15-28-16-27-24-23(25(28)31)17(2)18(3)29(24)20-11-6-5-7-12-20/h5-13,16H,4,14-15H2,1-3H3,(H,26,30). The van der Waals surface area contributed by atoms with Gasteiger partial charge in [-0.1, -0.05) is 36.4 Å². The second kappa shape index (κ2) is 9.09. The molecule has 0 saturated heterocycles. The minimum atomic E-state index is -0.267. The molecule has 7 heteroatoms. The molecule has 1 amide bonds. The van der Waals surface area contributed by atoms with Gasteiger partial charge in [-0.25, -0.2) is 4.98 Å². The Labute approximate surface area is 186 Å². The average Bonchev–Trinajstić information content (AvgIpc) is 3.06. The Morgan fingerprint density at radius 1 is 1.06 bits per heavy atom. The summed E-state index contributed by atoms with van der Waals surface area (Å²) in [6, 6.07) is 17.4. The van der Waals surface area contributed by atoms with Crippen molar-refractivity contribution in [2.45, 2.75) is 33.9 Å². The summed E-state index contributed by atoms with van der Waals surface area (Å²) in [6.07, 6.45) is 1.44. The molecule has 0 fully saturated rings. The van der Waals surface area contributed by atoms with Gasteiger partial charge in [0.15, 0.2) is 5.65 Å². The molecule has 0 aliphatic carbocycles. The van der Waals surface area contributed by atoms with Crippen molar-refractivity contribution in [1.82, 2.24) is 19.4 Å². The summed E-state index contributed by atoms with van der Waals surface area (Å²) in [4.78, 5) is 30.3. The number of carbonyl (C=O) groups is 1. The van der Waals surface area contributed by atoms with Crippen molar-refractivity contribution in [2.24, 2.45) is 0 Å². The van der Waals surface area contributed by atoms with E-state index in [0.717, 1.165) is 28.3 Å². The predicted octanol–water partition coefficient (Wildman–Crippen LogP) is 3.52. The highest BCUT2D eigenvalue weighted by molar-refractivity contribution is 5.83. The SMILES string of the molecule is CCOc1ccccc1CNC(=O)Cn1cnc2c(c(C)c(C)n2-c2ccccc2)c1=O. The fraction of sp³-hybridized carbons (Fsp3) is 0.240. The molecule has 0 saturated carbocycles. The molecule has 0 atom stereocenters. The van der Waals surface area contributed by atoms with Gasteiger partial charge in [0.1, 0.15) is 18.6 Å². The molecule has 1 N–H and O–H groups in total. The maximum absolute atomic E-state index is 13.2. The smallest absolute Gasteiger partial charge is 0.263 e. The third kappa shape index (κ3) is 4.01. The van der Waals surface area contributed by atoms with E-state index in [-0.39, 0.29) is 18.0 Å². The molecule has 0 unspecified atom stereocenters. The van der Waals surface area contributed by atoms with Gasteiger partial charge in [-0.15, -0.1) is 0 Å². The minimum absolute atomic E-state index is 0.104. The van der Waals surface area contributed by atoms with Crippen LogP contribution in [-0.2, 0) is 17.9 Å². The van der Waals surface area contributed by atoms with Gasteiger partial charge >= 0.3 is 0 Å². The van der Waals surface area contributed by atoms with Crippen molar-refractivity contribution in [1.29, 1.82) is 0 Å². The zero-order valence-corrected chi connectivity index (χ0v) is 18.5. The Balaban J connectivity index is 1.58. The molecule has 0 aliphatic heterocycles. The lowest BCUT2D eigenvalue weighted by molar-refractivity contribution is -0.121. The minimum Gasteiger partial charge on any atom is -0.494 e. The van der Waals surface area contributed by atoms with Crippen LogP contribution in [0.2, 0.25) is 0 Å². The third-order valence-electron chi connectivity index (χ3n) is 5.56. The summed E-state index contributed by atoms with van der Waals surface area (Å²) in [6.45, 7) is 6.56. The number of hydrogen-bond acceptors (Lipinski definition) is 4. The Morgan fingerprint density at radius 2 is 1.78 bits per heavy atom. The lowest BCUT2D eigenvalue weighted by atomic mass is 10.2. The number of aromatic nitrogens is 3. The molecular formula is C25H26N4O3. The maximum atomic E-state index is 13.2. The Hall–Kier alpha value is -3.87. The van der Waals surface area contributed by atoms with E-state index in [1.807, 2.05) is 79.9 Å². The van der Waals surface area contributed by atoms with Crippen molar-refractivity contribution in [3.8, 4) is 11.4 Å². The van der Waals surface area contributed by atoms with Gasteiger partial charge < -0.3 is 10.1 Å². The summed E-state index contributed by atoms with van der Waals surface area (Å²) < 4.78 is 8.93. The van der Waals surface area contributed by atoms with Gasteiger partial charge in [0, 0.05) is 23.5 Å². The number of benzene rings is 2. The van der Waals surface area contributed by atoms with Gasteiger partial charge in [-0.3, -0.25) is 18.7 Å². The Kier molecular flexibility index (Phi) is 6.07. The van der Waals surface area contributed by atoms with Crippen LogP contribution >= 0.6 is 0 Å². The quantitative estimate of drug-likeness (QED) is 0.487. The number of aryl methyl sites for hydroxylation is 1. The fourth-order valence-electron chi connectivity index (χ4n) is 3.84. The summed E-state index contributed by atoms with van der Waals surface area (Å²) in [7, 11) is 0. The predicted molar refractivity (Wildman–Crippen MR) is 124 cm³/mol. The summed E-state index contributed by atoms with van der Waals surface area (Å²) in [5.41, 5.74) is 4.01. The molecule has 0 bridgehead atoms. The highest BCUT2D eigenvalue weighted by Crippen LogP contribution is 2.24. The highest BCUT2D eigenvalue weighted by Gasteiger charge is 2.18. The molecular weight excluding hydrogens is 404 g/mol. The topological polar surface area (TPSA) is 78.2 Å². The van der Waals surface area contributed by atoms with Gasteiger partial charge in [-0.2, -0.15) is 0 Å². The van der Waals surface area contributed by atoms with E-state index in [2.05, 4.69) is 10.3 Å². The number of rotatable bonds is 7.